The van der Waals surface area contributed by atoms with E-state index in [1.165, 1.54) is 12.8 Å². The molecule has 2 heterocycles. The molecule has 190 valence electrons. The highest BCUT2D eigenvalue weighted by atomic mass is 16.5. The zero-order valence-corrected chi connectivity index (χ0v) is 21.0. The third-order valence-corrected chi connectivity index (χ3v) is 6.19. The van der Waals surface area contributed by atoms with Gasteiger partial charge in [0.05, 0.1) is 12.3 Å². The lowest BCUT2D eigenvalue weighted by Crippen LogP contribution is -2.25. The molecule has 9 nitrogen and oxygen atoms in total. The fourth-order valence-electron chi connectivity index (χ4n) is 4.01. The third kappa shape index (κ3) is 5.72. The van der Waals surface area contributed by atoms with Crippen LogP contribution in [0, 0.1) is 5.92 Å². The molecule has 0 unspecified atom stereocenters. The molecule has 2 aromatic carbocycles. The number of nitrogens with one attached hydrogen (secondary N) is 3. The van der Waals surface area contributed by atoms with Gasteiger partial charge >= 0.3 is 0 Å². The summed E-state index contributed by atoms with van der Waals surface area (Å²) in [5.74, 6) is 1.42. The van der Waals surface area contributed by atoms with Gasteiger partial charge in [-0.1, -0.05) is 12.1 Å². The second kappa shape index (κ2) is 10.7. The Morgan fingerprint density at radius 3 is 2.41 bits per heavy atom. The van der Waals surface area contributed by atoms with Crippen molar-refractivity contribution in [3.8, 4) is 16.9 Å². The Balaban J connectivity index is 1.32. The van der Waals surface area contributed by atoms with Gasteiger partial charge in [0.25, 0.3) is 11.8 Å². The number of rotatable bonds is 10. The summed E-state index contributed by atoms with van der Waals surface area (Å²) in [5, 5.41) is 13.6. The van der Waals surface area contributed by atoms with Crippen LogP contribution in [0.2, 0.25) is 0 Å². The predicted octanol–water partition coefficient (Wildman–Crippen LogP) is 4.43. The van der Waals surface area contributed by atoms with Crippen molar-refractivity contribution in [3.05, 3.63) is 71.9 Å². The van der Waals surface area contributed by atoms with Crippen LogP contribution in [0.4, 0.5) is 11.6 Å². The van der Waals surface area contributed by atoms with Gasteiger partial charge in [-0.05, 0) is 80.6 Å². The fourth-order valence-corrected chi connectivity index (χ4v) is 4.01. The maximum Gasteiger partial charge on any atom is 0.251 e. The highest BCUT2D eigenvalue weighted by Gasteiger charge is 2.21. The van der Waals surface area contributed by atoms with Crippen molar-refractivity contribution in [2.75, 3.05) is 25.0 Å². The Morgan fingerprint density at radius 1 is 0.946 bits per heavy atom. The molecule has 1 aliphatic carbocycles. The average molecular weight is 499 g/mol. The molecule has 0 aliphatic heterocycles. The Morgan fingerprint density at radius 2 is 1.68 bits per heavy atom. The molecule has 0 radical (unpaired) electrons. The first-order chi connectivity index (χ1) is 18.0. The molecule has 1 aliphatic rings. The Hall–Kier alpha value is -4.40. The number of nitrogens with zero attached hydrogens (tertiary/aromatic N) is 3. The smallest absolute Gasteiger partial charge is 0.251 e. The predicted molar refractivity (Wildman–Crippen MR) is 142 cm³/mol. The summed E-state index contributed by atoms with van der Waals surface area (Å²) in [6, 6.07) is 16.7. The monoisotopic (exact) mass is 498 g/mol. The SMILES string of the molecule is CCNC(=O)c1ccc(Nc2nc3ccc(-c4ccc(C(=O)NCC5CC5)cc4)cn3n2)c(OCC)c1. The summed E-state index contributed by atoms with van der Waals surface area (Å²) in [4.78, 5) is 29.1. The molecule has 1 fully saturated rings. The number of aromatic nitrogens is 3. The highest BCUT2D eigenvalue weighted by molar-refractivity contribution is 5.95. The first-order valence-electron chi connectivity index (χ1n) is 12.6. The first kappa shape index (κ1) is 24.3. The molecule has 5 rings (SSSR count). The van der Waals surface area contributed by atoms with Gasteiger partial charge in [-0.3, -0.25) is 9.59 Å². The van der Waals surface area contributed by atoms with E-state index in [4.69, 9.17) is 4.74 Å². The van der Waals surface area contributed by atoms with Crippen LogP contribution < -0.4 is 20.7 Å². The molecule has 0 spiro atoms. The van der Waals surface area contributed by atoms with Crippen molar-refractivity contribution in [2.24, 2.45) is 5.92 Å². The van der Waals surface area contributed by atoms with Crippen LogP contribution in [-0.4, -0.2) is 46.1 Å². The Labute approximate surface area is 215 Å². The molecule has 2 amide bonds. The van der Waals surface area contributed by atoms with Crippen molar-refractivity contribution < 1.29 is 14.3 Å². The summed E-state index contributed by atoms with van der Waals surface area (Å²) in [6.07, 6.45) is 4.31. The van der Waals surface area contributed by atoms with Crippen LogP contribution >= 0.6 is 0 Å². The summed E-state index contributed by atoms with van der Waals surface area (Å²) in [6.45, 7) is 5.53. The van der Waals surface area contributed by atoms with Gasteiger partial charge in [-0.25, -0.2) is 4.52 Å². The number of anilines is 2. The van der Waals surface area contributed by atoms with Crippen LogP contribution in [0.5, 0.6) is 5.75 Å². The zero-order valence-electron chi connectivity index (χ0n) is 21.0. The van der Waals surface area contributed by atoms with Crippen LogP contribution in [0.15, 0.2) is 60.8 Å². The van der Waals surface area contributed by atoms with Gasteiger partial charge in [0, 0.05) is 36.0 Å². The van der Waals surface area contributed by atoms with E-state index in [-0.39, 0.29) is 11.8 Å². The topological polar surface area (TPSA) is 110 Å². The van der Waals surface area contributed by atoms with E-state index in [0.717, 1.165) is 17.7 Å². The van der Waals surface area contributed by atoms with Gasteiger partial charge < -0.3 is 20.7 Å². The third-order valence-electron chi connectivity index (χ3n) is 6.19. The minimum atomic E-state index is -0.152. The van der Waals surface area contributed by atoms with E-state index >= 15 is 0 Å². The molecule has 4 aromatic rings. The maximum atomic E-state index is 12.3. The van der Waals surface area contributed by atoms with E-state index in [1.807, 2.05) is 56.4 Å². The van der Waals surface area contributed by atoms with Crippen LogP contribution in [0.1, 0.15) is 47.4 Å². The molecular weight excluding hydrogens is 468 g/mol. The summed E-state index contributed by atoms with van der Waals surface area (Å²) < 4.78 is 7.46. The Kier molecular flexibility index (Phi) is 7.02. The average Bonchev–Trinajstić information content (AvgIpc) is 3.66. The summed E-state index contributed by atoms with van der Waals surface area (Å²) >= 11 is 0. The number of hydrogen-bond acceptors (Lipinski definition) is 6. The molecule has 0 bridgehead atoms. The molecule has 2 aromatic heterocycles. The van der Waals surface area contributed by atoms with Gasteiger partial charge in [-0.2, -0.15) is 4.98 Å². The number of hydrogen-bond donors (Lipinski definition) is 3. The zero-order chi connectivity index (χ0) is 25.8. The quantitative estimate of drug-likeness (QED) is 0.298. The number of benzene rings is 2. The number of ether oxygens (including phenoxy) is 1. The molecule has 0 saturated heterocycles. The lowest BCUT2D eigenvalue weighted by molar-refractivity contribution is 0.0945. The Bertz CT molecular complexity index is 1430. The van der Waals surface area contributed by atoms with Crippen molar-refractivity contribution in [3.63, 3.8) is 0 Å². The number of carbonyl (C=O) groups is 2. The molecular formula is C28H30N6O3. The van der Waals surface area contributed by atoms with E-state index < -0.39 is 0 Å². The van der Waals surface area contributed by atoms with E-state index in [2.05, 4.69) is 26.0 Å². The molecule has 37 heavy (non-hydrogen) atoms. The van der Waals surface area contributed by atoms with Crippen LogP contribution in [0.25, 0.3) is 16.8 Å². The van der Waals surface area contributed by atoms with Gasteiger partial charge in [0.15, 0.2) is 5.65 Å². The number of amides is 2. The second-order valence-electron chi connectivity index (χ2n) is 9.02. The first-order valence-corrected chi connectivity index (χ1v) is 12.6. The second-order valence-corrected chi connectivity index (χ2v) is 9.02. The van der Waals surface area contributed by atoms with E-state index in [0.29, 0.717) is 53.2 Å². The fraction of sp³-hybridized carbons (Fsp3) is 0.286. The van der Waals surface area contributed by atoms with Gasteiger partial charge in [0.1, 0.15) is 5.75 Å². The largest absolute Gasteiger partial charge is 0.492 e. The minimum Gasteiger partial charge on any atom is -0.492 e. The highest BCUT2D eigenvalue weighted by Crippen LogP contribution is 2.29. The maximum absolute atomic E-state index is 12.3. The lowest BCUT2D eigenvalue weighted by Gasteiger charge is -2.12. The van der Waals surface area contributed by atoms with Gasteiger partial charge in [-0.15, -0.1) is 5.10 Å². The molecule has 1 saturated carbocycles. The van der Waals surface area contributed by atoms with E-state index in [9.17, 15) is 9.59 Å². The normalized spacial score (nSPS) is 12.8. The lowest BCUT2D eigenvalue weighted by atomic mass is 10.1. The summed E-state index contributed by atoms with van der Waals surface area (Å²) in [7, 11) is 0. The number of fused-ring (bicyclic) bond motifs is 1. The van der Waals surface area contributed by atoms with E-state index in [1.54, 1.807) is 22.7 Å². The minimum absolute atomic E-state index is 0.0358. The van der Waals surface area contributed by atoms with Crippen molar-refractivity contribution in [2.45, 2.75) is 26.7 Å². The molecule has 9 heteroatoms. The van der Waals surface area contributed by atoms with Gasteiger partial charge in [0.2, 0.25) is 5.95 Å². The molecule has 3 N–H and O–H groups in total. The molecule has 0 atom stereocenters. The van der Waals surface area contributed by atoms with Crippen LogP contribution in [0.3, 0.4) is 0 Å². The van der Waals surface area contributed by atoms with Crippen molar-refractivity contribution >= 4 is 29.1 Å². The van der Waals surface area contributed by atoms with Crippen molar-refractivity contribution in [1.29, 1.82) is 0 Å². The van der Waals surface area contributed by atoms with Crippen LogP contribution in [-0.2, 0) is 0 Å². The number of pyridine rings is 1. The summed E-state index contributed by atoms with van der Waals surface area (Å²) in [5.41, 5.74) is 4.46. The standard InChI is InChI=1S/C28H30N6O3/c1-3-29-27(36)21-11-13-23(24(15-21)37-4-2)31-28-32-25-14-12-22(17-34(25)33-28)19-7-9-20(10-8-19)26(35)30-16-18-5-6-18/h7-15,17-18H,3-6,16H2,1-2H3,(H,29,36)(H,30,35)(H,31,33). The number of carbonyl (C=O) groups excluding carboxylic acids is 2. The van der Waals surface area contributed by atoms with Crippen molar-refractivity contribution in [1.82, 2.24) is 25.2 Å².